The minimum atomic E-state index is -0.965. The van der Waals surface area contributed by atoms with Crippen LogP contribution in [0.4, 0.5) is 5.13 Å². The molecule has 0 fully saturated rings. The molecule has 0 atom stereocenters. The Morgan fingerprint density at radius 2 is 1.56 bits per heavy atom. The first kappa shape index (κ1) is 24.2. The minimum Gasteiger partial charge on any atom is -0.497 e. The molecule has 0 aliphatic carbocycles. The van der Waals surface area contributed by atoms with Gasteiger partial charge in [-0.3, -0.25) is 14.9 Å². The fourth-order valence-corrected chi connectivity index (χ4v) is 3.60. The van der Waals surface area contributed by atoms with Gasteiger partial charge >= 0.3 is 17.8 Å². The van der Waals surface area contributed by atoms with E-state index in [9.17, 15) is 14.4 Å². The maximum atomic E-state index is 12.2. The topological polar surface area (TPSA) is 132 Å². The second-order valence-corrected chi connectivity index (χ2v) is 8.10. The average Bonchev–Trinajstić information content (AvgIpc) is 3.38. The van der Waals surface area contributed by atoms with Gasteiger partial charge in [-0.2, -0.15) is 5.10 Å². The van der Waals surface area contributed by atoms with Crippen LogP contribution in [-0.4, -0.2) is 41.3 Å². The van der Waals surface area contributed by atoms with Gasteiger partial charge in [0.05, 0.1) is 18.9 Å². The Kier molecular flexibility index (Phi) is 7.73. The van der Waals surface area contributed by atoms with Crippen molar-refractivity contribution in [1.82, 2.24) is 15.6 Å². The van der Waals surface area contributed by atoms with Crippen molar-refractivity contribution in [1.29, 1.82) is 0 Å². The summed E-state index contributed by atoms with van der Waals surface area (Å²) in [6, 6.07) is 22.3. The van der Waals surface area contributed by atoms with Crippen LogP contribution in [0.1, 0.15) is 15.9 Å². The number of anilines is 1. The number of carbonyl (C=O) groups is 3. The highest BCUT2D eigenvalue weighted by molar-refractivity contribution is 7.18. The van der Waals surface area contributed by atoms with Crippen molar-refractivity contribution in [3.63, 3.8) is 0 Å². The SMILES string of the molecule is COc1ccc(C(=O)Oc2ccc(C=NNC(=O)C(=O)Nc3nnc(-c4ccccc4)s3)cc2)cc1. The van der Waals surface area contributed by atoms with E-state index < -0.39 is 17.8 Å². The average molecular weight is 502 g/mol. The third-order valence-electron chi connectivity index (χ3n) is 4.67. The lowest BCUT2D eigenvalue weighted by molar-refractivity contribution is -0.136. The van der Waals surface area contributed by atoms with E-state index in [0.29, 0.717) is 27.6 Å². The summed E-state index contributed by atoms with van der Waals surface area (Å²) < 4.78 is 10.4. The van der Waals surface area contributed by atoms with Gasteiger partial charge in [0, 0.05) is 5.56 Å². The molecule has 4 aromatic rings. The van der Waals surface area contributed by atoms with E-state index in [1.807, 2.05) is 30.3 Å². The maximum Gasteiger partial charge on any atom is 0.343 e. The number of hydrogen-bond acceptors (Lipinski definition) is 9. The van der Waals surface area contributed by atoms with Crippen LogP contribution in [0, 0.1) is 0 Å². The maximum absolute atomic E-state index is 12.2. The molecule has 0 unspecified atom stereocenters. The number of hydrazone groups is 1. The van der Waals surface area contributed by atoms with Crippen molar-refractivity contribution in [2.24, 2.45) is 5.10 Å². The number of methoxy groups -OCH3 is 1. The summed E-state index contributed by atoms with van der Waals surface area (Å²) in [5, 5.41) is 14.9. The van der Waals surface area contributed by atoms with Crippen LogP contribution in [0.5, 0.6) is 11.5 Å². The zero-order chi connectivity index (χ0) is 25.3. The molecule has 2 N–H and O–H groups in total. The van der Waals surface area contributed by atoms with Crippen LogP contribution in [-0.2, 0) is 9.59 Å². The number of esters is 1. The number of nitrogens with one attached hydrogen (secondary N) is 2. The molecule has 36 heavy (non-hydrogen) atoms. The first-order valence-electron chi connectivity index (χ1n) is 10.5. The lowest BCUT2D eigenvalue weighted by Crippen LogP contribution is -2.32. The molecule has 1 aromatic heterocycles. The second-order valence-electron chi connectivity index (χ2n) is 7.12. The number of aromatic nitrogens is 2. The van der Waals surface area contributed by atoms with Gasteiger partial charge in [-0.25, -0.2) is 10.2 Å². The van der Waals surface area contributed by atoms with Gasteiger partial charge in [0.1, 0.15) is 16.5 Å². The number of amides is 2. The number of nitrogens with zero attached hydrogens (tertiary/aromatic N) is 3. The highest BCUT2D eigenvalue weighted by Gasteiger charge is 2.16. The number of rotatable bonds is 7. The van der Waals surface area contributed by atoms with Gasteiger partial charge in [-0.15, -0.1) is 10.2 Å². The summed E-state index contributed by atoms with van der Waals surface area (Å²) >= 11 is 1.14. The highest BCUT2D eigenvalue weighted by atomic mass is 32.1. The van der Waals surface area contributed by atoms with Gasteiger partial charge in [0.15, 0.2) is 0 Å². The van der Waals surface area contributed by atoms with Crippen LogP contribution in [0.25, 0.3) is 10.6 Å². The molecule has 0 bridgehead atoms. The molecule has 1 heterocycles. The molecule has 11 heteroatoms. The molecular formula is C25H19N5O5S. The number of hydrogen-bond donors (Lipinski definition) is 2. The smallest absolute Gasteiger partial charge is 0.343 e. The molecule has 180 valence electrons. The standard InChI is InChI=1S/C25H19N5O5S/c1-34-19-13-9-18(10-14-19)24(33)35-20-11-7-16(8-12-20)15-26-28-22(32)21(31)27-25-30-29-23(36-25)17-5-3-2-4-6-17/h2-15H,1H3,(H,28,32)(H,27,30,31). The lowest BCUT2D eigenvalue weighted by Gasteiger charge is -2.05. The van der Waals surface area contributed by atoms with E-state index in [0.717, 1.165) is 16.9 Å². The summed E-state index contributed by atoms with van der Waals surface area (Å²) in [7, 11) is 1.54. The monoisotopic (exact) mass is 501 g/mol. The Labute approximate surface area is 209 Å². The Hall–Kier alpha value is -4.90. The molecule has 10 nitrogen and oxygen atoms in total. The van der Waals surface area contributed by atoms with Gasteiger partial charge in [0.25, 0.3) is 0 Å². The molecule has 2 amide bonds. The van der Waals surface area contributed by atoms with Gasteiger partial charge in [-0.1, -0.05) is 41.7 Å². The normalized spacial score (nSPS) is 10.6. The van der Waals surface area contributed by atoms with Crippen LogP contribution in [0.15, 0.2) is 84.0 Å². The Morgan fingerprint density at radius 1 is 0.861 bits per heavy atom. The van der Waals surface area contributed by atoms with Gasteiger partial charge < -0.3 is 9.47 Å². The first-order valence-corrected chi connectivity index (χ1v) is 11.3. The first-order chi connectivity index (χ1) is 17.5. The molecule has 0 saturated carbocycles. The van der Waals surface area contributed by atoms with E-state index in [1.165, 1.54) is 6.21 Å². The lowest BCUT2D eigenvalue weighted by atomic mass is 10.2. The third-order valence-corrected chi connectivity index (χ3v) is 5.56. The Bertz CT molecular complexity index is 1390. The Morgan fingerprint density at radius 3 is 2.25 bits per heavy atom. The molecule has 0 saturated heterocycles. The summed E-state index contributed by atoms with van der Waals surface area (Å²) in [4.78, 5) is 36.3. The number of carbonyl (C=O) groups excluding carboxylic acids is 3. The summed E-state index contributed by atoms with van der Waals surface area (Å²) in [5.41, 5.74) is 3.99. The summed E-state index contributed by atoms with van der Waals surface area (Å²) in [5.74, 6) is -1.43. The quantitative estimate of drug-likeness (QED) is 0.130. The Balaban J connectivity index is 1.26. The summed E-state index contributed by atoms with van der Waals surface area (Å²) in [6.45, 7) is 0. The highest BCUT2D eigenvalue weighted by Crippen LogP contribution is 2.25. The molecule has 4 rings (SSSR count). The fraction of sp³-hybridized carbons (Fsp3) is 0.0400. The largest absolute Gasteiger partial charge is 0.497 e. The predicted octanol–water partition coefficient (Wildman–Crippen LogP) is 3.52. The van der Waals surface area contributed by atoms with E-state index in [2.05, 4.69) is 26.0 Å². The molecule has 3 aromatic carbocycles. The second kappa shape index (κ2) is 11.5. The molecule has 0 aliphatic rings. The zero-order valence-corrected chi connectivity index (χ0v) is 19.7. The van der Waals surface area contributed by atoms with E-state index in [1.54, 1.807) is 55.6 Å². The third kappa shape index (κ3) is 6.36. The van der Waals surface area contributed by atoms with Crippen LogP contribution >= 0.6 is 11.3 Å². The van der Waals surface area contributed by atoms with Crippen LogP contribution in [0.3, 0.4) is 0 Å². The molecular weight excluding hydrogens is 482 g/mol. The van der Waals surface area contributed by atoms with Crippen LogP contribution < -0.4 is 20.2 Å². The van der Waals surface area contributed by atoms with Gasteiger partial charge in [0.2, 0.25) is 5.13 Å². The predicted molar refractivity (Wildman–Crippen MR) is 134 cm³/mol. The van der Waals surface area contributed by atoms with Crippen molar-refractivity contribution in [3.05, 3.63) is 90.0 Å². The van der Waals surface area contributed by atoms with Crippen molar-refractivity contribution in [3.8, 4) is 22.1 Å². The van der Waals surface area contributed by atoms with Crippen molar-refractivity contribution < 1.29 is 23.9 Å². The fourth-order valence-electron chi connectivity index (χ4n) is 2.86. The van der Waals surface area contributed by atoms with Gasteiger partial charge in [-0.05, 0) is 54.1 Å². The van der Waals surface area contributed by atoms with E-state index in [4.69, 9.17) is 9.47 Å². The van der Waals surface area contributed by atoms with Crippen molar-refractivity contribution in [2.45, 2.75) is 0 Å². The van der Waals surface area contributed by atoms with E-state index in [-0.39, 0.29) is 5.13 Å². The van der Waals surface area contributed by atoms with Crippen molar-refractivity contribution in [2.75, 3.05) is 12.4 Å². The minimum absolute atomic E-state index is 0.192. The number of benzene rings is 3. The van der Waals surface area contributed by atoms with E-state index >= 15 is 0 Å². The molecule has 0 aliphatic heterocycles. The molecule has 0 radical (unpaired) electrons. The van der Waals surface area contributed by atoms with Crippen LogP contribution in [0.2, 0.25) is 0 Å². The zero-order valence-electron chi connectivity index (χ0n) is 18.9. The number of ether oxygens (including phenoxy) is 2. The molecule has 0 spiro atoms. The summed E-state index contributed by atoms with van der Waals surface area (Å²) in [6.07, 6.45) is 1.35. The van der Waals surface area contributed by atoms with Crippen molar-refractivity contribution >= 4 is 40.5 Å².